The predicted molar refractivity (Wildman–Crippen MR) is 145 cm³/mol. The Morgan fingerprint density at radius 2 is 1.91 bits per heavy atom. The molecule has 1 saturated heterocycles. The lowest BCUT2D eigenvalue weighted by molar-refractivity contribution is -0.161. The zero-order valence-electron chi connectivity index (χ0n) is 22.1. The van der Waals surface area contributed by atoms with E-state index in [2.05, 4.69) is 15.5 Å². The van der Waals surface area contributed by atoms with Gasteiger partial charge in [0.2, 0.25) is 5.60 Å². The third kappa shape index (κ3) is 7.82. The molecule has 1 aliphatic heterocycles. The van der Waals surface area contributed by atoms with Crippen molar-refractivity contribution in [3.05, 3.63) is 34.8 Å². The van der Waals surface area contributed by atoms with E-state index in [-0.39, 0.29) is 16.4 Å². The second-order valence-corrected chi connectivity index (χ2v) is 11.4. The molecule has 0 spiro atoms. The molecule has 22 heteroatoms. The van der Waals surface area contributed by atoms with E-state index in [1.165, 1.54) is 30.0 Å². The van der Waals surface area contributed by atoms with Crippen LogP contribution in [0.4, 0.5) is 9.93 Å². The van der Waals surface area contributed by atoms with Crippen molar-refractivity contribution in [2.24, 2.45) is 10.9 Å². The molecule has 1 aromatic heterocycles. The van der Waals surface area contributed by atoms with E-state index < -0.39 is 81.4 Å². The number of nitrogen functional groups attached to an aromatic ring is 1. The monoisotopic (exact) mass is 643 g/mol. The first-order valence-electron chi connectivity index (χ1n) is 11.7. The summed E-state index contributed by atoms with van der Waals surface area (Å²) < 4.78 is 25.9. The van der Waals surface area contributed by atoms with Crippen molar-refractivity contribution in [3.8, 4) is 11.5 Å². The molecule has 43 heavy (non-hydrogen) atoms. The van der Waals surface area contributed by atoms with Crippen molar-refractivity contribution in [1.29, 1.82) is 0 Å². The summed E-state index contributed by atoms with van der Waals surface area (Å²) in [6, 6.07) is -1.02. The highest BCUT2D eigenvalue weighted by molar-refractivity contribution is 7.88. The van der Waals surface area contributed by atoms with Crippen LogP contribution >= 0.6 is 11.3 Å². The Morgan fingerprint density at radius 3 is 2.47 bits per heavy atom. The second-order valence-electron chi connectivity index (χ2n) is 9.12. The molecular formula is C21H25N9O11S2. The van der Waals surface area contributed by atoms with E-state index in [4.69, 9.17) is 16.3 Å². The number of nitrogens with two attached hydrogens (primary N) is 2. The number of oxime groups is 1. The molecule has 2 atom stereocenters. The first kappa shape index (κ1) is 32.5. The maximum Gasteiger partial charge on any atom is 0.350 e. The summed E-state index contributed by atoms with van der Waals surface area (Å²) in [7, 11) is -4.78. The highest BCUT2D eigenvalue weighted by Gasteiger charge is 2.43. The van der Waals surface area contributed by atoms with Crippen molar-refractivity contribution in [1.82, 2.24) is 30.2 Å². The third-order valence-electron chi connectivity index (χ3n) is 5.51. The number of likely N-dealkylation sites (tertiary alicyclic amines) is 1. The number of carboxylic acid groups (broad SMARTS) is 1. The number of nitrogens with one attached hydrogen (secondary N) is 4. The molecule has 232 valence electrons. The van der Waals surface area contributed by atoms with Gasteiger partial charge in [-0.1, -0.05) is 11.2 Å². The molecule has 11 N–H and O–H groups in total. The zero-order valence-corrected chi connectivity index (χ0v) is 23.7. The zero-order chi connectivity index (χ0) is 32.3. The highest BCUT2D eigenvalue weighted by atomic mass is 32.2. The fourth-order valence-electron chi connectivity index (χ4n) is 3.02. The van der Waals surface area contributed by atoms with Crippen LogP contribution in [-0.2, 0) is 34.2 Å². The van der Waals surface area contributed by atoms with Gasteiger partial charge in [0.1, 0.15) is 17.8 Å². The number of hydrogen-bond acceptors (Lipinski definition) is 15. The summed E-state index contributed by atoms with van der Waals surface area (Å²) in [5, 5.41) is 35.2. The Hall–Kier alpha value is -5.06. The molecule has 0 aliphatic carbocycles. The molecule has 1 unspecified atom stereocenters. The average Bonchev–Trinajstić information content (AvgIpc) is 3.35. The molecular weight excluding hydrogens is 618 g/mol. The summed E-state index contributed by atoms with van der Waals surface area (Å²) >= 11 is 0.936. The average molecular weight is 644 g/mol. The number of rotatable bonds is 11. The predicted octanol–water partition coefficient (Wildman–Crippen LogP) is -2.68. The number of hydrogen-bond donors (Lipinski definition) is 9. The van der Waals surface area contributed by atoms with Gasteiger partial charge in [-0.3, -0.25) is 24.7 Å². The fourth-order valence-corrected chi connectivity index (χ4v) is 4.19. The number of amides is 5. The number of nitrogens with zero attached hydrogens (tertiary/aromatic N) is 3. The largest absolute Gasteiger partial charge is 0.504 e. The van der Waals surface area contributed by atoms with Gasteiger partial charge in [-0.05, 0) is 31.5 Å². The first-order valence-corrected chi connectivity index (χ1v) is 14.0. The molecule has 20 nitrogen and oxygen atoms in total. The van der Waals surface area contributed by atoms with Crippen molar-refractivity contribution in [2.45, 2.75) is 31.5 Å². The van der Waals surface area contributed by atoms with Crippen LogP contribution in [0.3, 0.4) is 0 Å². The molecule has 0 saturated carbocycles. The maximum absolute atomic E-state index is 12.8. The number of carbonyl (C=O) groups is 5. The summed E-state index contributed by atoms with van der Waals surface area (Å²) in [4.78, 5) is 72.0. The number of carboxylic acids is 1. The lowest BCUT2D eigenvalue weighted by atomic mass is 10.1. The number of aliphatic carboxylic acids is 1. The van der Waals surface area contributed by atoms with Crippen LogP contribution in [0.25, 0.3) is 0 Å². The number of β-lactam (4-membered cyclic amide) rings is 1. The van der Waals surface area contributed by atoms with Gasteiger partial charge in [0.15, 0.2) is 22.3 Å². The normalized spacial score (nSPS) is 16.1. The topological polar surface area (TPSA) is 318 Å². The van der Waals surface area contributed by atoms with Crippen molar-refractivity contribution < 1.29 is 52.5 Å². The summed E-state index contributed by atoms with van der Waals surface area (Å²) in [6.07, 6.45) is 0. The summed E-state index contributed by atoms with van der Waals surface area (Å²) in [6.45, 7) is 1.85. The van der Waals surface area contributed by atoms with E-state index in [1.54, 1.807) is 10.3 Å². The van der Waals surface area contributed by atoms with Gasteiger partial charge in [0, 0.05) is 5.38 Å². The molecule has 2 aromatic rings. The second kappa shape index (κ2) is 12.4. The molecule has 1 fully saturated rings. The number of thiazole rings is 1. The number of benzene rings is 1. The van der Waals surface area contributed by atoms with E-state index in [1.807, 2.05) is 0 Å². The van der Waals surface area contributed by atoms with Gasteiger partial charge in [0.05, 0.1) is 6.54 Å². The molecule has 1 aliphatic rings. The van der Waals surface area contributed by atoms with Crippen LogP contribution in [0.2, 0.25) is 0 Å². The quantitative estimate of drug-likeness (QED) is 0.0522. The number of anilines is 1. The SMILES string of the molecule is CC(C)(ON=C(C(=O)N[C@H]1CN(C(=O)NS(=O)(=O)NNC(=O)C(N)c2ccc(O)c(O)c2)C1=O)c1csc(N)n1)C(=O)O. The van der Waals surface area contributed by atoms with E-state index >= 15 is 0 Å². The summed E-state index contributed by atoms with van der Waals surface area (Å²) in [5.74, 6) is -5.62. The molecule has 2 heterocycles. The third-order valence-corrected chi connectivity index (χ3v) is 7.00. The van der Waals surface area contributed by atoms with Crippen LogP contribution in [0.15, 0.2) is 28.7 Å². The van der Waals surface area contributed by atoms with Crippen LogP contribution in [0, 0.1) is 0 Å². The molecule has 5 amide bonds. The van der Waals surface area contributed by atoms with Crippen molar-refractivity contribution >= 4 is 62.1 Å². The molecule has 0 bridgehead atoms. The molecule has 3 rings (SSSR count). The minimum Gasteiger partial charge on any atom is -0.504 e. The van der Waals surface area contributed by atoms with Gasteiger partial charge >= 0.3 is 22.2 Å². The maximum atomic E-state index is 12.8. The van der Waals surface area contributed by atoms with Crippen molar-refractivity contribution in [3.63, 3.8) is 0 Å². The minimum atomic E-state index is -4.78. The van der Waals surface area contributed by atoms with Gasteiger partial charge < -0.3 is 36.9 Å². The smallest absolute Gasteiger partial charge is 0.350 e. The molecule has 0 radical (unpaired) electrons. The molecule has 1 aromatic carbocycles. The Balaban J connectivity index is 1.57. The Kier molecular flexibility index (Phi) is 9.39. The number of urea groups is 1. The minimum absolute atomic E-state index is 0.0129. The highest BCUT2D eigenvalue weighted by Crippen LogP contribution is 2.27. The van der Waals surface area contributed by atoms with Crippen molar-refractivity contribution in [2.75, 3.05) is 12.3 Å². The first-order chi connectivity index (χ1) is 19.9. The lowest BCUT2D eigenvalue weighted by Crippen LogP contribution is -2.68. The van der Waals surface area contributed by atoms with Crippen LogP contribution in [0.1, 0.15) is 31.1 Å². The Bertz CT molecular complexity index is 1610. The fraction of sp³-hybridized carbons (Fsp3) is 0.286. The summed E-state index contributed by atoms with van der Waals surface area (Å²) in [5.41, 5.74) is 10.6. The number of carbonyl (C=O) groups excluding carboxylic acids is 4. The standard InChI is InChI=1S/C21H25N9O11S2/c1-21(2,18(36)37)41-27-14(10-7-42-19(23)25-10)16(34)24-9-6-30(17(9)35)20(38)28-43(39,40)29-26-15(33)13(22)8-3-4-11(31)12(32)5-8/h3-5,7,9,13,29,31-32H,6,22H2,1-2H3,(H2,23,25)(H,24,34)(H,26,33)(H,28,38)(H,36,37)/t9-,13?/m0/s1. The van der Waals surface area contributed by atoms with E-state index in [0.717, 1.165) is 23.5 Å². The number of phenols is 2. The van der Waals surface area contributed by atoms with Gasteiger partial charge in [-0.2, -0.15) is 8.42 Å². The van der Waals surface area contributed by atoms with E-state index in [9.17, 15) is 47.7 Å². The van der Waals surface area contributed by atoms with Crippen LogP contribution in [-0.4, -0.2) is 87.2 Å². The van der Waals surface area contributed by atoms with E-state index in [0.29, 0.717) is 4.90 Å². The number of aromatic hydroxyl groups is 2. The number of imide groups is 1. The lowest BCUT2D eigenvalue weighted by Gasteiger charge is -2.36. The van der Waals surface area contributed by atoms with Crippen LogP contribution in [0.5, 0.6) is 11.5 Å². The van der Waals surface area contributed by atoms with Gasteiger partial charge in [-0.15, -0.1) is 16.2 Å². The Morgan fingerprint density at radius 1 is 1.23 bits per heavy atom. The van der Waals surface area contributed by atoms with Crippen LogP contribution < -0.4 is 31.8 Å². The number of hydrazine groups is 1. The number of aromatic nitrogens is 1. The van der Waals surface area contributed by atoms with Gasteiger partial charge in [0.25, 0.3) is 17.7 Å². The number of phenolic OH excluding ortho intramolecular Hbond substituents is 2. The van der Waals surface area contributed by atoms with Gasteiger partial charge in [-0.25, -0.2) is 19.3 Å². The Labute approximate surface area is 245 Å².